The van der Waals surface area contributed by atoms with E-state index in [1.54, 1.807) is 12.1 Å². The minimum Gasteiger partial charge on any atom is -0.496 e. The Kier molecular flexibility index (Phi) is 5.14. The molecular formula is C15H21F2NO. The van der Waals surface area contributed by atoms with Crippen molar-refractivity contribution >= 4 is 0 Å². The molecule has 0 bridgehead atoms. The van der Waals surface area contributed by atoms with E-state index in [4.69, 9.17) is 4.74 Å². The Balaban J connectivity index is 1.90. The Morgan fingerprint density at radius 1 is 1.26 bits per heavy atom. The van der Waals surface area contributed by atoms with Gasteiger partial charge in [-0.25, -0.2) is 8.78 Å². The van der Waals surface area contributed by atoms with Gasteiger partial charge in [-0.1, -0.05) is 6.07 Å². The zero-order valence-electron chi connectivity index (χ0n) is 11.4. The fourth-order valence-corrected chi connectivity index (χ4v) is 2.62. The molecule has 1 aromatic carbocycles. The number of hydrogen-bond acceptors (Lipinski definition) is 2. The number of aryl methyl sites for hydroxylation is 1. The van der Waals surface area contributed by atoms with Gasteiger partial charge in [-0.3, -0.25) is 0 Å². The molecule has 1 fully saturated rings. The summed E-state index contributed by atoms with van der Waals surface area (Å²) >= 11 is 0. The first-order valence-electron chi connectivity index (χ1n) is 6.88. The molecule has 1 aliphatic rings. The van der Waals surface area contributed by atoms with E-state index in [0.717, 1.165) is 24.9 Å². The maximum atomic E-state index is 12.9. The Bertz CT molecular complexity index is 403. The molecule has 2 rings (SSSR count). The van der Waals surface area contributed by atoms with Gasteiger partial charge in [0.15, 0.2) is 0 Å². The highest BCUT2D eigenvalue weighted by Gasteiger charge is 2.15. The van der Waals surface area contributed by atoms with E-state index in [9.17, 15) is 8.78 Å². The largest absolute Gasteiger partial charge is 0.496 e. The maximum absolute atomic E-state index is 12.9. The lowest BCUT2D eigenvalue weighted by molar-refractivity contribution is 0.147. The first-order valence-corrected chi connectivity index (χ1v) is 6.88. The summed E-state index contributed by atoms with van der Waals surface area (Å²) in [6, 6.07) is 5.11. The van der Waals surface area contributed by atoms with Gasteiger partial charge in [0, 0.05) is 0 Å². The van der Waals surface area contributed by atoms with Crippen LogP contribution in [0.3, 0.4) is 0 Å². The van der Waals surface area contributed by atoms with Crippen LogP contribution in [-0.2, 0) is 6.42 Å². The van der Waals surface area contributed by atoms with Crippen LogP contribution >= 0.6 is 0 Å². The van der Waals surface area contributed by atoms with Gasteiger partial charge in [0.05, 0.1) is 12.7 Å². The minimum absolute atomic E-state index is 0.00109. The van der Waals surface area contributed by atoms with E-state index in [1.807, 2.05) is 6.07 Å². The molecule has 1 aromatic rings. The van der Waals surface area contributed by atoms with E-state index < -0.39 is 6.43 Å². The fourth-order valence-electron chi connectivity index (χ4n) is 2.62. The number of rotatable bonds is 6. The highest BCUT2D eigenvalue weighted by molar-refractivity contribution is 5.38. The predicted molar refractivity (Wildman–Crippen MR) is 71.9 cm³/mol. The highest BCUT2D eigenvalue weighted by Crippen LogP contribution is 2.30. The van der Waals surface area contributed by atoms with Gasteiger partial charge in [-0.15, -0.1) is 0 Å². The van der Waals surface area contributed by atoms with E-state index in [0.29, 0.717) is 0 Å². The Morgan fingerprint density at radius 2 is 2.00 bits per heavy atom. The fraction of sp³-hybridized carbons (Fsp3) is 0.600. The molecule has 1 heterocycles. The van der Waals surface area contributed by atoms with Crippen LogP contribution in [0.15, 0.2) is 18.2 Å². The summed E-state index contributed by atoms with van der Waals surface area (Å²) in [6.45, 7) is 3.44. The first kappa shape index (κ1) is 14.3. The Labute approximate surface area is 113 Å². The molecule has 0 atom stereocenters. The van der Waals surface area contributed by atoms with Crippen molar-refractivity contribution in [2.75, 3.05) is 26.7 Å². The standard InChI is InChI=1S/C15H21F2NO/c1-19-14-7-6-12(11-13(14)15(16)17)5-4-10-18-8-2-3-9-18/h6-7,11,15H,2-5,8-10H2,1H3. The van der Waals surface area contributed by atoms with E-state index in [1.165, 1.54) is 33.0 Å². The van der Waals surface area contributed by atoms with Crippen LogP contribution in [-0.4, -0.2) is 31.6 Å². The molecule has 4 heteroatoms. The molecule has 0 aromatic heterocycles. The third kappa shape index (κ3) is 3.90. The van der Waals surface area contributed by atoms with Crippen LogP contribution in [0.2, 0.25) is 0 Å². The number of methoxy groups -OCH3 is 1. The Morgan fingerprint density at radius 3 is 2.63 bits per heavy atom. The van der Waals surface area contributed by atoms with Crippen LogP contribution in [0.1, 0.15) is 36.8 Å². The van der Waals surface area contributed by atoms with Crippen LogP contribution in [0.4, 0.5) is 8.78 Å². The maximum Gasteiger partial charge on any atom is 0.267 e. The van der Waals surface area contributed by atoms with Gasteiger partial charge in [0.2, 0.25) is 0 Å². The number of alkyl halides is 2. The number of benzene rings is 1. The number of hydrogen-bond donors (Lipinski definition) is 0. The quantitative estimate of drug-likeness (QED) is 0.781. The second kappa shape index (κ2) is 6.85. The van der Waals surface area contributed by atoms with E-state index >= 15 is 0 Å². The molecule has 0 spiro atoms. The molecule has 0 N–H and O–H groups in total. The third-order valence-corrected chi connectivity index (χ3v) is 3.67. The summed E-state index contributed by atoms with van der Waals surface area (Å²) in [5, 5.41) is 0. The molecule has 106 valence electrons. The topological polar surface area (TPSA) is 12.5 Å². The van der Waals surface area contributed by atoms with Gasteiger partial charge in [-0.05, 0) is 63.0 Å². The first-order chi connectivity index (χ1) is 9.20. The average molecular weight is 269 g/mol. The molecule has 1 aliphatic heterocycles. The van der Waals surface area contributed by atoms with Crippen molar-refractivity contribution in [1.82, 2.24) is 4.90 Å². The lowest BCUT2D eigenvalue weighted by atomic mass is 10.1. The SMILES string of the molecule is COc1ccc(CCCN2CCCC2)cc1C(F)F. The van der Waals surface area contributed by atoms with Crippen LogP contribution < -0.4 is 4.74 Å². The molecule has 19 heavy (non-hydrogen) atoms. The molecule has 0 radical (unpaired) electrons. The van der Waals surface area contributed by atoms with Gasteiger partial charge in [-0.2, -0.15) is 0 Å². The van der Waals surface area contributed by atoms with E-state index in [-0.39, 0.29) is 11.3 Å². The molecule has 0 aliphatic carbocycles. The summed E-state index contributed by atoms with van der Waals surface area (Å²) in [5.74, 6) is 0.276. The van der Waals surface area contributed by atoms with Crippen molar-refractivity contribution in [2.45, 2.75) is 32.1 Å². The van der Waals surface area contributed by atoms with Gasteiger partial charge < -0.3 is 9.64 Å². The normalized spacial score (nSPS) is 16.2. The lowest BCUT2D eigenvalue weighted by Gasteiger charge is -2.14. The summed E-state index contributed by atoms with van der Waals surface area (Å²) in [7, 11) is 1.42. The number of likely N-dealkylation sites (tertiary alicyclic amines) is 1. The summed E-state index contributed by atoms with van der Waals surface area (Å²) in [5.41, 5.74) is 0.969. The van der Waals surface area contributed by atoms with Crippen LogP contribution in [0.5, 0.6) is 5.75 Å². The Hall–Kier alpha value is -1.16. The summed E-state index contributed by atoms with van der Waals surface area (Å²) in [4.78, 5) is 2.44. The van der Waals surface area contributed by atoms with Gasteiger partial charge in [0.25, 0.3) is 6.43 Å². The van der Waals surface area contributed by atoms with Crippen molar-refractivity contribution in [3.63, 3.8) is 0 Å². The predicted octanol–water partition coefficient (Wildman–Crippen LogP) is 3.66. The van der Waals surface area contributed by atoms with Crippen molar-refractivity contribution in [3.05, 3.63) is 29.3 Å². The molecule has 1 saturated heterocycles. The highest BCUT2D eigenvalue weighted by atomic mass is 19.3. The van der Waals surface area contributed by atoms with Crippen LogP contribution in [0, 0.1) is 0 Å². The average Bonchev–Trinajstić information content (AvgIpc) is 2.91. The van der Waals surface area contributed by atoms with Crippen molar-refractivity contribution in [3.8, 4) is 5.75 Å². The monoisotopic (exact) mass is 269 g/mol. The zero-order valence-corrected chi connectivity index (χ0v) is 11.4. The van der Waals surface area contributed by atoms with Gasteiger partial charge in [0.1, 0.15) is 5.75 Å². The van der Waals surface area contributed by atoms with E-state index in [2.05, 4.69) is 4.90 Å². The minimum atomic E-state index is -2.48. The number of halogens is 2. The number of ether oxygens (including phenoxy) is 1. The molecule has 0 amide bonds. The smallest absolute Gasteiger partial charge is 0.267 e. The zero-order chi connectivity index (χ0) is 13.7. The van der Waals surface area contributed by atoms with Crippen molar-refractivity contribution < 1.29 is 13.5 Å². The molecule has 0 saturated carbocycles. The summed E-state index contributed by atoms with van der Waals surface area (Å²) < 4.78 is 30.7. The molecule has 2 nitrogen and oxygen atoms in total. The third-order valence-electron chi connectivity index (χ3n) is 3.67. The van der Waals surface area contributed by atoms with Crippen molar-refractivity contribution in [2.24, 2.45) is 0 Å². The molecular weight excluding hydrogens is 248 g/mol. The second-order valence-electron chi connectivity index (χ2n) is 5.03. The lowest BCUT2D eigenvalue weighted by Crippen LogP contribution is -2.20. The second-order valence-corrected chi connectivity index (χ2v) is 5.03. The van der Waals surface area contributed by atoms with Gasteiger partial charge >= 0.3 is 0 Å². The van der Waals surface area contributed by atoms with Crippen LogP contribution in [0.25, 0.3) is 0 Å². The summed E-state index contributed by atoms with van der Waals surface area (Å²) in [6.07, 6.45) is 1.97. The number of nitrogens with zero attached hydrogens (tertiary/aromatic N) is 1. The van der Waals surface area contributed by atoms with Crippen molar-refractivity contribution in [1.29, 1.82) is 0 Å². The molecule has 0 unspecified atom stereocenters.